The van der Waals surface area contributed by atoms with Crippen molar-refractivity contribution in [1.82, 2.24) is 0 Å². The third-order valence-corrected chi connectivity index (χ3v) is 3.79. The summed E-state index contributed by atoms with van der Waals surface area (Å²) in [5, 5.41) is 0. The number of para-hydroxylation sites is 1. The van der Waals surface area contributed by atoms with Crippen LogP contribution in [0.2, 0.25) is 0 Å². The molecule has 0 radical (unpaired) electrons. The zero-order valence-corrected chi connectivity index (χ0v) is 10.9. The Bertz CT molecular complexity index is 587. The van der Waals surface area contributed by atoms with Gasteiger partial charge in [-0.1, -0.05) is 52.3 Å². The molecule has 0 unspecified atom stereocenters. The molecule has 0 spiro atoms. The maximum Gasteiger partial charge on any atom is 0.0665 e. The van der Waals surface area contributed by atoms with Gasteiger partial charge in [0, 0.05) is 23.0 Å². The van der Waals surface area contributed by atoms with Crippen LogP contribution < -0.4 is 0 Å². The van der Waals surface area contributed by atoms with E-state index in [1.165, 1.54) is 21.3 Å². The van der Waals surface area contributed by atoms with Crippen molar-refractivity contribution in [1.29, 1.82) is 0 Å². The Kier molecular flexibility index (Phi) is 2.81. The quantitative estimate of drug-likeness (QED) is 0.779. The zero-order chi connectivity index (χ0) is 11.7. The van der Waals surface area contributed by atoms with Crippen LogP contribution in [0.4, 0.5) is 5.69 Å². The van der Waals surface area contributed by atoms with Crippen molar-refractivity contribution in [3.63, 3.8) is 0 Å². The van der Waals surface area contributed by atoms with E-state index in [1.54, 1.807) is 0 Å². The van der Waals surface area contributed by atoms with Gasteiger partial charge < -0.3 is 0 Å². The van der Waals surface area contributed by atoms with Gasteiger partial charge in [-0.15, -0.1) is 0 Å². The molecule has 0 bridgehead atoms. The number of nitrogens with zero attached hydrogens (tertiary/aromatic N) is 1. The number of aliphatic imine (C=N–C) groups is 1. The molecule has 0 saturated carbocycles. The molecule has 2 aromatic carbocycles. The predicted molar refractivity (Wildman–Crippen MR) is 75.1 cm³/mol. The summed E-state index contributed by atoms with van der Waals surface area (Å²) in [6.45, 7) is 0. The molecule has 0 atom stereocenters. The third-order valence-electron chi connectivity index (χ3n) is 3.02. The Morgan fingerprint density at radius 2 is 1.76 bits per heavy atom. The smallest absolute Gasteiger partial charge is 0.0665 e. The maximum absolute atomic E-state index is 4.68. The van der Waals surface area contributed by atoms with Crippen molar-refractivity contribution in [2.24, 2.45) is 4.99 Å². The minimum atomic E-state index is 0.927. The molecule has 1 nitrogen and oxygen atoms in total. The van der Waals surface area contributed by atoms with E-state index in [9.17, 15) is 0 Å². The molecule has 0 saturated heterocycles. The third kappa shape index (κ3) is 2.18. The van der Waals surface area contributed by atoms with E-state index in [4.69, 9.17) is 0 Å². The highest BCUT2D eigenvalue weighted by Gasteiger charge is 2.14. The number of fused-ring (bicyclic) bond motifs is 1. The summed E-state index contributed by atoms with van der Waals surface area (Å²) in [5.41, 5.74) is 5.03. The lowest BCUT2D eigenvalue weighted by Gasteiger charge is -2.03. The van der Waals surface area contributed by atoms with Crippen molar-refractivity contribution in [3.05, 3.63) is 64.1 Å². The summed E-state index contributed by atoms with van der Waals surface area (Å²) in [5.74, 6) is 0. The van der Waals surface area contributed by atoms with Crippen LogP contribution in [-0.4, -0.2) is 5.71 Å². The van der Waals surface area contributed by atoms with Gasteiger partial charge in [0.2, 0.25) is 0 Å². The Hall–Kier alpha value is -1.41. The zero-order valence-electron chi connectivity index (χ0n) is 9.36. The van der Waals surface area contributed by atoms with Crippen molar-refractivity contribution >= 4 is 27.3 Å². The van der Waals surface area contributed by atoms with Gasteiger partial charge in [-0.2, -0.15) is 0 Å². The molecule has 0 aromatic heterocycles. The van der Waals surface area contributed by atoms with E-state index >= 15 is 0 Å². The van der Waals surface area contributed by atoms with E-state index in [-0.39, 0.29) is 0 Å². The lowest BCUT2D eigenvalue weighted by atomic mass is 10.0. The van der Waals surface area contributed by atoms with Crippen LogP contribution in [0, 0.1) is 0 Å². The maximum atomic E-state index is 4.68. The van der Waals surface area contributed by atoms with Gasteiger partial charge in [0.25, 0.3) is 0 Å². The van der Waals surface area contributed by atoms with Crippen LogP contribution in [-0.2, 0) is 12.8 Å². The van der Waals surface area contributed by atoms with Crippen molar-refractivity contribution < 1.29 is 0 Å². The SMILES string of the molecule is Brc1ccccc1CC1=Nc2ccccc2C1. The fraction of sp³-hybridized carbons (Fsp3) is 0.133. The first-order valence-electron chi connectivity index (χ1n) is 5.71. The molecule has 2 aromatic rings. The second-order valence-electron chi connectivity index (χ2n) is 4.25. The molecule has 1 heterocycles. The minimum absolute atomic E-state index is 0.927. The summed E-state index contributed by atoms with van der Waals surface area (Å²) in [7, 11) is 0. The molecule has 0 aliphatic carbocycles. The highest BCUT2D eigenvalue weighted by Crippen LogP contribution is 2.28. The Balaban J connectivity index is 1.84. The van der Waals surface area contributed by atoms with E-state index in [0.717, 1.165) is 18.5 Å². The van der Waals surface area contributed by atoms with Crippen molar-refractivity contribution in [2.75, 3.05) is 0 Å². The average molecular weight is 286 g/mol. The fourth-order valence-electron chi connectivity index (χ4n) is 2.16. The summed E-state index contributed by atoms with van der Waals surface area (Å²) in [6.07, 6.45) is 1.91. The van der Waals surface area contributed by atoms with Gasteiger partial charge in [0.05, 0.1) is 5.69 Å². The van der Waals surface area contributed by atoms with Crippen LogP contribution in [0.3, 0.4) is 0 Å². The lowest BCUT2D eigenvalue weighted by Crippen LogP contribution is -2.03. The first kappa shape index (κ1) is 10.7. The van der Waals surface area contributed by atoms with Gasteiger partial charge in [0.1, 0.15) is 0 Å². The number of halogens is 1. The number of rotatable bonds is 2. The molecular weight excluding hydrogens is 274 g/mol. The Morgan fingerprint density at radius 1 is 1.00 bits per heavy atom. The second kappa shape index (κ2) is 4.46. The van der Waals surface area contributed by atoms with Crippen LogP contribution >= 0.6 is 15.9 Å². The highest BCUT2D eigenvalue weighted by molar-refractivity contribution is 9.10. The lowest BCUT2D eigenvalue weighted by molar-refractivity contribution is 1.24. The molecule has 17 heavy (non-hydrogen) atoms. The molecule has 1 aliphatic rings. The summed E-state index contributed by atoms with van der Waals surface area (Å²) in [4.78, 5) is 4.68. The Morgan fingerprint density at radius 3 is 2.59 bits per heavy atom. The Labute approximate surface area is 109 Å². The van der Waals surface area contributed by atoms with E-state index < -0.39 is 0 Å². The summed E-state index contributed by atoms with van der Waals surface area (Å²) >= 11 is 3.58. The van der Waals surface area contributed by atoms with Gasteiger partial charge in [-0.05, 0) is 23.3 Å². The summed E-state index contributed by atoms with van der Waals surface area (Å²) in [6, 6.07) is 16.7. The average Bonchev–Trinajstić information content (AvgIpc) is 2.74. The molecule has 3 rings (SSSR count). The molecule has 1 aliphatic heterocycles. The van der Waals surface area contributed by atoms with Gasteiger partial charge in [-0.3, -0.25) is 4.99 Å². The van der Waals surface area contributed by atoms with Crippen LogP contribution in [0.15, 0.2) is 58.0 Å². The molecule has 0 N–H and O–H groups in total. The molecular formula is C15H12BrN. The van der Waals surface area contributed by atoms with Crippen LogP contribution in [0.1, 0.15) is 11.1 Å². The minimum Gasteiger partial charge on any atom is -0.257 e. The van der Waals surface area contributed by atoms with Crippen LogP contribution in [0.5, 0.6) is 0 Å². The largest absolute Gasteiger partial charge is 0.257 e. The van der Waals surface area contributed by atoms with Crippen LogP contribution in [0.25, 0.3) is 0 Å². The van der Waals surface area contributed by atoms with E-state index in [1.807, 2.05) is 12.1 Å². The first-order chi connectivity index (χ1) is 8.33. The fourth-order valence-corrected chi connectivity index (χ4v) is 2.59. The van der Waals surface area contributed by atoms with Crippen molar-refractivity contribution in [2.45, 2.75) is 12.8 Å². The monoisotopic (exact) mass is 285 g/mol. The van der Waals surface area contributed by atoms with Gasteiger partial charge in [0.15, 0.2) is 0 Å². The predicted octanol–water partition coefficient (Wildman–Crippen LogP) is 4.32. The van der Waals surface area contributed by atoms with Crippen molar-refractivity contribution in [3.8, 4) is 0 Å². The molecule has 0 amide bonds. The molecule has 2 heteroatoms. The summed E-state index contributed by atoms with van der Waals surface area (Å²) < 4.78 is 1.17. The van der Waals surface area contributed by atoms with Gasteiger partial charge >= 0.3 is 0 Å². The topological polar surface area (TPSA) is 12.4 Å². The number of hydrogen-bond acceptors (Lipinski definition) is 1. The first-order valence-corrected chi connectivity index (χ1v) is 6.50. The molecule has 0 fully saturated rings. The molecule has 84 valence electrons. The number of hydrogen-bond donors (Lipinski definition) is 0. The standard InChI is InChI=1S/C15H12BrN/c16-14-7-3-1-5-11(14)9-13-10-12-6-2-4-8-15(12)17-13/h1-8H,9-10H2. The normalized spacial score (nSPS) is 13.4. The van der Waals surface area contributed by atoms with E-state index in [2.05, 4.69) is 57.3 Å². The van der Waals surface area contributed by atoms with Gasteiger partial charge in [-0.25, -0.2) is 0 Å². The van der Waals surface area contributed by atoms with E-state index in [0.29, 0.717) is 0 Å². The highest BCUT2D eigenvalue weighted by atomic mass is 79.9. The number of benzene rings is 2. The second-order valence-corrected chi connectivity index (χ2v) is 5.11.